The van der Waals surface area contributed by atoms with Crippen molar-refractivity contribution in [2.24, 2.45) is 5.92 Å². The smallest absolute Gasteiger partial charge is 0.251 e. The van der Waals surface area contributed by atoms with Crippen LogP contribution in [-0.4, -0.2) is 49.2 Å². The maximum Gasteiger partial charge on any atom is 0.251 e. The van der Waals surface area contributed by atoms with Crippen molar-refractivity contribution in [3.8, 4) is 0 Å². The zero-order valence-electron chi connectivity index (χ0n) is 11.7. The van der Waals surface area contributed by atoms with E-state index in [2.05, 4.69) is 19.2 Å². The standard InChI is InChI=1S/C14H26N2O2/c1-11(2)16(10-12-5-3-7-15-9-12)14(17)13-6-4-8-18-13/h11-13,15H,3-10H2,1-2H3/t12?,13-/m0/s1. The van der Waals surface area contributed by atoms with Gasteiger partial charge < -0.3 is 15.0 Å². The van der Waals surface area contributed by atoms with Gasteiger partial charge in [0.1, 0.15) is 6.10 Å². The van der Waals surface area contributed by atoms with Crippen molar-refractivity contribution in [3.63, 3.8) is 0 Å². The second-order valence-electron chi connectivity index (χ2n) is 5.80. The summed E-state index contributed by atoms with van der Waals surface area (Å²) >= 11 is 0. The molecule has 18 heavy (non-hydrogen) atoms. The molecule has 0 bridgehead atoms. The van der Waals surface area contributed by atoms with Gasteiger partial charge in [-0.15, -0.1) is 0 Å². The van der Waals surface area contributed by atoms with Gasteiger partial charge in [-0.25, -0.2) is 0 Å². The fraction of sp³-hybridized carbons (Fsp3) is 0.929. The van der Waals surface area contributed by atoms with Gasteiger partial charge in [0, 0.05) is 19.2 Å². The van der Waals surface area contributed by atoms with Crippen molar-refractivity contribution >= 4 is 5.91 Å². The number of rotatable bonds is 4. The molecule has 4 nitrogen and oxygen atoms in total. The van der Waals surface area contributed by atoms with Crippen molar-refractivity contribution in [2.45, 2.75) is 51.7 Å². The quantitative estimate of drug-likeness (QED) is 0.824. The molecule has 2 fully saturated rings. The molecule has 2 rings (SSSR count). The molecule has 0 aromatic carbocycles. The van der Waals surface area contributed by atoms with Crippen LogP contribution in [0, 0.1) is 5.92 Å². The normalized spacial score (nSPS) is 28.6. The van der Waals surface area contributed by atoms with Gasteiger partial charge in [-0.3, -0.25) is 4.79 Å². The minimum absolute atomic E-state index is 0.177. The van der Waals surface area contributed by atoms with E-state index in [1.807, 2.05) is 4.90 Å². The van der Waals surface area contributed by atoms with Gasteiger partial charge in [0.2, 0.25) is 0 Å². The molecule has 104 valence electrons. The molecule has 1 unspecified atom stereocenters. The van der Waals surface area contributed by atoms with E-state index in [0.717, 1.165) is 39.1 Å². The first-order valence-electron chi connectivity index (χ1n) is 7.31. The lowest BCUT2D eigenvalue weighted by Crippen LogP contribution is -2.47. The van der Waals surface area contributed by atoms with Crippen molar-refractivity contribution in [1.82, 2.24) is 10.2 Å². The number of nitrogens with zero attached hydrogens (tertiary/aromatic N) is 1. The average Bonchev–Trinajstić information content (AvgIpc) is 2.90. The topological polar surface area (TPSA) is 41.6 Å². The van der Waals surface area contributed by atoms with Crippen LogP contribution in [0.25, 0.3) is 0 Å². The lowest BCUT2D eigenvalue weighted by atomic mass is 9.98. The van der Waals surface area contributed by atoms with Crippen molar-refractivity contribution in [2.75, 3.05) is 26.2 Å². The molecule has 0 aromatic heterocycles. The first-order chi connectivity index (χ1) is 8.68. The summed E-state index contributed by atoms with van der Waals surface area (Å²) in [5, 5.41) is 3.42. The molecule has 0 saturated carbocycles. The highest BCUT2D eigenvalue weighted by Crippen LogP contribution is 2.19. The second kappa shape index (κ2) is 6.53. The number of carbonyl (C=O) groups is 1. The van der Waals surface area contributed by atoms with Crippen LogP contribution in [0.15, 0.2) is 0 Å². The monoisotopic (exact) mass is 254 g/mol. The van der Waals surface area contributed by atoms with Gasteiger partial charge in [0.05, 0.1) is 0 Å². The molecule has 4 heteroatoms. The molecule has 2 heterocycles. The van der Waals surface area contributed by atoms with Crippen LogP contribution in [0.5, 0.6) is 0 Å². The molecule has 0 aliphatic carbocycles. The third-order valence-electron chi connectivity index (χ3n) is 3.97. The Morgan fingerprint density at radius 2 is 2.22 bits per heavy atom. The molecule has 2 atom stereocenters. The fourth-order valence-electron chi connectivity index (χ4n) is 2.87. The summed E-state index contributed by atoms with van der Waals surface area (Å²) in [6.45, 7) is 7.99. The van der Waals surface area contributed by atoms with E-state index in [0.29, 0.717) is 5.92 Å². The van der Waals surface area contributed by atoms with Crippen LogP contribution >= 0.6 is 0 Å². The Balaban J connectivity index is 1.91. The third kappa shape index (κ3) is 3.45. The summed E-state index contributed by atoms with van der Waals surface area (Å²) in [5.74, 6) is 0.805. The SMILES string of the molecule is CC(C)N(CC1CCCNC1)C(=O)[C@@H]1CCCO1. The summed E-state index contributed by atoms with van der Waals surface area (Å²) in [6.07, 6.45) is 4.20. The molecular formula is C14H26N2O2. The minimum atomic E-state index is -0.177. The van der Waals surface area contributed by atoms with Gasteiger partial charge >= 0.3 is 0 Å². The molecular weight excluding hydrogens is 228 g/mol. The summed E-state index contributed by atoms with van der Waals surface area (Å²) in [4.78, 5) is 14.5. The highest BCUT2D eigenvalue weighted by Gasteiger charge is 2.31. The maximum absolute atomic E-state index is 12.4. The molecule has 0 spiro atoms. The summed E-state index contributed by atoms with van der Waals surface area (Å²) in [7, 11) is 0. The van der Waals surface area contributed by atoms with Gasteiger partial charge in [0.25, 0.3) is 5.91 Å². The predicted molar refractivity (Wildman–Crippen MR) is 71.4 cm³/mol. The lowest BCUT2D eigenvalue weighted by Gasteiger charge is -2.34. The molecule has 1 N–H and O–H groups in total. The minimum Gasteiger partial charge on any atom is -0.368 e. The van der Waals surface area contributed by atoms with Crippen LogP contribution in [0.4, 0.5) is 0 Å². The number of hydrogen-bond acceptors (Lipinski definition) is 3. The molecule has 2 aliphatic rings. The Morgan fingerprint density at radius 1 is 1.39 bits per heavy atom. The van der Waals surface area contributed by atoms with Crippen molar-refractivity contribution in [3.05, 3.63) is 0 Å². The molecule has 0 radical (unpaired) electrons. The maximum atomic E-state index is 12.4. The van der Waals surface area contributed by atoms with E-state index in [4.69, 9.17) is 4.74 Å². The van der Waals surface area contributed by atoms with Crippen LogP contribution in [0.3, 0.4) is 0 Å². The Labute approximate surface area is 110 Å². The predicted octanol–water partition coefficient (Wildman–Crippen LogP) is 1.40. The first kappa shape index (κ1) is 13.8. The van der Waals surface area contributed by atoms with Gasteiger partial charge in [0.15, 0.2) is 0 Å². The van der Waals surface area contributed by atoms with Crippen molar-refractivity contribution < 1.29 is 9.53 Å². The second-order valence-corrected chi connectivity index (χ2v) is 5.80. The van der Waals surface area contributed by atoms with E-state index in [-0.39, 0.29) is 18.1 Å². The van der Waals surface area contributed by atoms with Crippen LogP contribution in [-0.2, 0) is 9.53 Å². The number of hydrogen-bond donors (Lipinski definition) is 1. The number of nitrogens with one attached hydrogen (secondary N) is 1. The Morgan fingerprint density at radius 3 is 2.78 bits per heavy atom. The first-order valence-corrected chi connectivity index (χ1v) is 7.31. The fourth-order valence-corrected chi connectivity index (χ4v) is 2.87. The molecule has 1 amide bonds. The van der Waals surface area contributed by atoms with E-state index in [1.165, 1.54) is 12.8 Å². The largest absolute Gasteiger partial charge is 0.368 e. The van der Waals surface area contributed by atoms with E-state index < -0.39 is 0 Å². The highest BCUT2D eigenvalue weighted by atomic mass is 16.5. The third-order valence-corrected chi connectivity index (χ3v) is 3.97. The summed E-state index contributed by atoms with van der Waals surface area (Å²) in [6, 6.07) is 0.267. The number of carbonyl (C=O) groups excluding carboxylic acids is 1. The summed E-state index contributed by atoms with van der Waals surface area (Å²) < 4.78 is 5.53. The van der Waals surface area contributed by atoms with Crippen LogP contribution in [0.2, 0.25) is 0 Å². The molecule has 2 saturated heterocycles. The zero-order valence-corrected chi connectivity index (χ0v) is 11.7. The number of piperidine rings is 1. The average molecular weight is 254 g/mol. The van der Waals surface area contributed by atoms with Gasteiger partial charge in [-0.2, -0.15) is 0 Å². The van der Waals surface area contributed by atoms with E-state index in [1.54, 1.807) is 0 Å². The van der Waals surface area contributed by atoms with Crippen LogP contribution in [0.1, 0.15) is 39.5 Å². The van der Waals surface area contributed by atoms with Gasteiger partial charge in [-0.05, 0) is 58.5 Å². The zero-order chi connectivity index (χ0) is 13.0. The number of amides is 1. The Kier molecular flexibility index (Phi) is 5.01. The van der Waals surface area contributed by atoms with E-state index >= 15 is 0 Å². The molecule has 0 aromatic rings. The lowest BCUT2D eigenvalue weighted by molar-refractivity contribution is -0.143. The van der Waals surface area contributed by atoms with Crippen LogP contribution < -0.4 is 5.32 Å². The van der Waals surface area contributed by atoms with E-state index in [9.17, 15) is 4.79 Å². The molecule has 2 aliphatic heterocycles. The van der Waals surface area contributed by atoms with Gasteiger partial charge in [-0.1, -0.05) is 0 Å². The van der Waals surface area contributed by atoms with Crippen molar-refractivity contribution in [1.29, 1.82) is 0 Å². The highest BCUT2D eigenvalue weighted by molar-refractivity contribution is 5.81. The summed E-state index contributed by atoms with van der Waals surface area (Å²) in [5.41, 5.74) is 0. The Hall–Kier alpha value is -0.610. The Bertz CT molecular complexity index is 269. The number of ether oxygens (including phenoxy) is 1.